The summed E-state index contributed by atoms with van der Waals surface area (Å²) in [6.07, 6.45) is 54.4. The number of rotatable bonds is 76. The Morgan fingerprint density at radius 1 is 0.286 bits per heavy atom. The van der Waals surface area contributed by atoms with E-state index >= 15 is 0 Å². The van der Waals surface area contributed by atoms with Crippen molar-refractivity contribution < 1.29 is 80.2 Å². The molecule has 98 heavy (non-hydrogen) atoms. The van der Waals surface area contributed by atoms with E-state index < -0.39 is 97.5 Å². The van der Waals surface area contributed by atoms with Gasteiger partial charge in [-0.1, -0.05) is 351 Å². The highest BCUT2D eigenvalue weighted by atomic mass is 31.2. The number of aliphatic hydroxyl groups excluding tert-OH is 1. The van der Waals surface area contributed by atoms with Gasteiger partial charge in [0, 0.05) is 25.7 Å². The molecule has 7 atom stereocenters. The van der Waals surface area contributed by atoms with Crippen LogP contribution in [-0.2, 0) is 65.4 Å². The van der Waals surface area contributed by atoms with Gasteiger partial charge in [0.25, 0.3) is 0 Å². The van der Waals surface area contributed by atoms with Gasteiger partial charge in [-0.15, -0.1) is 0 Å². The first-order valence-electron chi connectivity index (χ1n) is 40.8. The van der Waals surface area contributed by atoms with Crippen LogP contribution in [-0.4, -0.2) is 96.7 Å². The zero-order valence-electron chi connectivity index (χ0n) is 64.4. The maximum Gasteiger partial charge on any atom is 0.472 e. The van der Waals surface area contributed by atoms with E-state index in [0.29, 0.717) is 31.6 Å². The third-order valence-electron chi connectivity index (χ3n) is 19.0. The number of aliphatic hydroxyl groups is 1. The summed E-state index contributed by atoms with van der Waals surface area (Å²) in [7, 11) is -9.92. The molecule has 0 saturated heterocycles. The molecule has 3 N–H and O–H groups in total. The molecule has 0 aromatic heterocycles. The Morgan fingerprint density at radius 3 is 0.724 bits per heavy atom. The summed E-state index contributed by atoms with van der Waals surface area (Å²) in [5.41, 5.74) is 0. The number of carbonyl (C=O) groups excluding carboxylic acids is 4. The largest absolute Gasteiger partial charge is 0.472 e. The Hall–Kier alpha value is -1.94. The normalized spacial score (nSPS) is 14.6. The van der Waals surface area contributed by atoms with E-state index in [9.17, 15) is 43.2 Å². The van der Waals surface area contributed by atoms with Crippen molar-refractivity contribution in [2.24, 2.45) is 23.7 Å². The maximum atomic E-state index is 13.1. The smallest absolute Gasteiger partial charge is 0.462 e. The first-order chi connectivity index (χ1) is 47.2. The maximum absolute atomic E-state index is 13.1. The summed E-state index contributed by atoms with van der Waals surface area (Å²) in [5.74, 6) is 0.955. The number of carbonyl (C=O) groups is 4. The summed E-state index contributed by atoms with van der Waals surface area (Å²) < 4.78 is 68.6. The minimum atomic E-state index is -4.96. The lowest BCUT2D eigenvalue weighted by Gasteiger charge is -2.21. The van der Waals surface area contributed by atoms with Crippen LogP contribution in [0.4, 0.5) is 0 Å². The number of phosphoric ester groups is 2. The molecular formula is C79H154O17P2. The van der Waals surface area contributed by atoms with Gasteiger partial charge >= 0.3 is 39.5 Å². The molecule has 4 unspecified atom stereocenters. The van der Waals surface area contributed by atoms with Crippen molar-refractivity contribution in [1.29, 1.82) is 0 Å². The summed E-state index contributed by atoms with van der Waals surface area (Å²) in [6, 6.07) is 0. The second-order valence-corrected chi connectivity index (χ2v) is 32.8. The molecule has 0 spiro atoms. The van der Waals surface area contributed by atoms with Crippen molar-refractivity contribution >= 4 is 39.5 Å². The Balaban J connectivity index is 5.16. The number of ether oxygens (including phenoxy) is 4. The fourth-order valence-electron chi connectivity index (χ4n) is 12.0. The Kier molecular flexibility index (Phi) is 66.8. The van der Waals surface area contributed by atoms with Gasteiger partial charge in [0.15, 0.2) is 12.2 Å². The predicted octanol–water partition coefficient (Wildman–Crippen LogP) is 23.2. The summed E-state index contributed by atoms with van der Waals surface area (Å²) >= 11 is 0. The van der Waals surface area contributed by atoms with Crippen LogP contribution in [0.5, 0.6) is 0 Å². The average Bonchev–Trinajstić information content (AvgIpc) is 1.48. The molecule has 0 heterocycles. The van der Waals surface area contributed by atoms with Gasteiger partial charge < -0.3 is 33.8 Å². The van der Waals surface area contributed by atoms with E-state index in [1.54, 1.807) is 0 Å². The molecule has 0 saturated carbocycles. The van der Waals surface area contributed by atoms with Gasteiger partial charge in [0.1, 0.15) is 19.3 Å². The zero-order chi connectivity index (χ0) is 72.4. The first-order valence-corrected chi connectivity index (χ1v) is 43.8. The number of hydrogen-bond donors (Lipinski definition) is 3. The fraction of sp³-hybridized carbons (Fsp3) is 0.949. The molecule has 19 heteroatoms. The van der Waals surface area contributed by atoms with E-state index in [-0.39, 0.29) is 25.7 Å². The van der Waals surface area contributed by atoms with Crippen molar-refractivity contribution in [2.75, 3.05) is 39.6 Å². The molecule has 0 aromatic carbocycles. The van der Waals surface area contributed by atoms with Crippen LogP contribution in [0.3, 0.4) is 0 Å². The summed E-state index contributed by atoms with van der Waals surface area (Å²) in [6.45, 7) is 14.2. The quantitative estimate of drug-likeness (QED) is 0.0222. The molecular weight excluding hydrogens is 1280 g/mol. The van der Waals surface area contributed by atoms with Gasteiger partial charge in [0.2, 0.25) is 0 Å². The lowest BCUT2D eigenvalue weighted by atomic mass is 9.99. The minimum absolute atomic E-state index is 0.106. The second-order valence-electron chi connectivity index (χ2n) is 29.9. The van der Waals surface area contributed by atoms with Crippen LogP contribution in [0.1, 0.15) is 402 Å². The molecule has 0 bridgehead atoms. The molecule has 17 nitrogen and oxygen atoms in total. The highest BCUT2D eigenvalue weighted by molar-refractivity contribution is 7.47. The van der Waals surface area contributed by atoms with E-state index in [1.165, 1.54) is 193 Å². The SMILES string of the molecule is CCC(C)CCCCCCCCCCCCCCCCC(=O)O[C@H](COC(=O)CCCCCCCCC(C)C)COP(=O)(O)OC[C@@H](O)COP(=O)(O)OC[C@@H](COC(=O)CCCCCCCCC(C)CC)OC(=O)CCCCCCCCCCCCCCCCCCCCC(C)C. The van der Waals surface area contributed by atoms with Crippen LogP contribution >= 0.6 is 15.6 Å². The van der Waals surface area contributed by atoms with E-state index in [4.69, 9.17) is 37.0 Å². The van der Waals surface area contributed by atoms with Crippen LogP contribution < -0.4 is 0 Å². The van der Waals surface area contributed by atoms with Crippen LogP contribution in [0, 0.1) is 23.7 Å². The Morgan fingerprint density at radius 2 is 0.490 bits per heavy atom. The molecule has 582 valence electrons. The topological polar surface area (TPSA) is 237 Å². The molecule has 0 fully saturated rings. The van der Waals surface area contributed by atoms with Crippen molar-refractivity contribution in [3.63, 3.8) is 0 Å². The van der Waals surface area contributed by atoms with Crippen molar-refractivity contribution in [1.82, 2.24) is 0 Å². The molecule has 0 radical (unpaired) electrons. The summed E-state index contributed by atoms with van der Waals surface area (Å²) in [4.78, 5) is 72.8. The summed E-state index contributed by atoms with van der Waals surface area (Å²) in [5, 5.41) is 10.6. The number of phosphoric acid groups is 2. The molecule has 0 aliphatic heterocycles. The second kappa shape index (κ2) is 68.2. The highest BCUT2D eigenvalue weighted by Gasteiger charge is 2.30. The highest BCUT2D eigenvalue weighted by Crippen LogP contribution is 2.45. The van der Waals surface area contributed by atoms with Crippen molar-refractivity contribution in [2.45, 2.75) is 420 Å². The Labute approximate surface area is 600 Å². The zero-order valence-corrected chi connectivity index (χ0v) is 66.2. The van der Waals surface area contributed by atoms with Crippen molar-refractivity contribution in [3.05, 3.63) is 0 Å². The Bertz CT molecular complexity index is 1920. The number of hydrogen-bond acceptors (Lipinski definition) is 15. The van der Waals surface area contributed by atoms with Gasteiger partial charge in [-0.05, 0) is 49.4 Å². The van der Waals surface area contributed by atoms with Gasteiger partial charge in [0.05, 0.1) is 26.4 Å². The van der Waals surface area contributed by atoms with Gasteiger partial charge in [-0.3, -0.25) is 37.3 Å². The van der Waals surface area contributed by atoms with Gasteiger partial charge in [-0.25, -0.2) is 9.13 Å². The third kappa shape index (κ3) is 69.8. The molecule has 0 aliphatic rings. The van der Waals surface area contributed by atoms with E-state index in [1.807, 2.05) is 0 Å². The van der Waals surface area contributed by atoms with E-state index in [0.717, 1.165) is 120 Å². The number of esters is 4. The lowest BCUT2D eigenvalue weighted by molar-refractivity contribution is -0.161. The lowest BCUT2D eigenvalue weighted by Crippen LogP contribution is -2.30. The monoisotopic (exact) mass is 1440 g/mol. The van der Waals surface area contributed by atoms with Crippen molar-refractivity contribution in [3.8, 4) is 0 Å². The predicted molar refractivity (Wildman–Crippen MR) is 400 cm³/mol. The van der Waals surface area contributed by atoms with Crippen LogP contribution in [0.15, 0.2) is 0 Å². The van der Waals surface area contributed by atoms with E-state index in [2.05, 4.69) is 55.4 Å². The molecule has 0 aliphatic carbocycles. The standard InChI is InChI=1S/C79H154O17P2/c1-9-71(7)57-49-41-32-28-24-20-17-18-22-26-30-34-46-54-62-78(83)95-74(65-89-76(81)59-51-43-37-35-40-48-56-70(5)6)67-93-97(85,86)91-63-73(80)64-92-98(87,88)94-68-75(66-90-77(82)60-52-44-38-36-42-50-58-72(8)10-2)96-79(84)61-53-45-33-29-25-21-16-14-12-11-13-15-19-23-27-31-39-47-55-69(3)4/h69-75,80H,9-68H2,1-8H3,(H,85,86)(H,87,88)/t71?,72?,73-,74-,75-/m1/s1. The van der Waals surface area contributed by atoms with Crippen LogP contribution in [0.2, 0.25) is 0 Å². The number of unbranched alkanes of at least 4 members (excludes halogenated alkanes) is 40. The molecule has 0 aromatic rings. The first kappa shape index (κ1) is 96.1. The van der Waals surface area contributed by atoms with Crippen LogP contribution in [0.25, 0.3) is 0 Å². The average molecular weight is 1440 g/mol. The third-order valence-corrected chi connectivity index (χ3v) is 20.9. The molecule has 0 rings (SSSR count). The van der Waals surface area contributed by atoms with Gasteiger partial charge in [-0.2, -0.15) is 0 Å². The molecule has 0 amide bonds. The minimum Gasteiger partial charge on any atom is -0.462 e. The fourth-order valence-corrected chi connectivity index (χ4v) is 13.6.